The minimum Gasteiger partial charge on any atom is -0.367 e. The second-order valence-corrected chi connectivity index (χ2v) is 6.18. The molecule has 20 heavy (non-hydrogen) atoms. The number of hydrogen-bond acceptors (Lipinski definition) is 2. The highest BCUT2D eigenvalue weighted by atomic mass is 35.5. The molecule has 1 heterocycles. The molecule has 1 fully saturated rings. The van der Waals surface area contributed by atoms with Gasteiger partial charge in [0.25, 0.3) is 5.91 Å². The Morgan fingerprint density at radius 3 is 2.85 bits per heavy atom. The number of morpholine rings is 1. The summed E-state index contributed by atoms with van der Waals surface area (Å²) >= 11 is 11.6. The van der Waals surface area contributed by atoms with Gasteiger partial charge in [0.15, 0.2) is 0 Å². The Morgan fingerprint density at radius 1 is 1.55 bits per heavy atom. The molecule has 6 heteroatoms. The lowest BCUT2D eigenvalue weighted by Gasteiger charge is -2.42. The lowest BCUT2D eigenvalue weighted by molar-refractivity contribution is -0.117. The Balaban J connectivity index is 2.21. The van der Waals surface area contributed by atoms with E-state index in [0.29, 0.717) is 24.5 Å². The largest absolute Gasteiger partial charge is 0.367 e. The predicted octanol–water partition coefficient (Wildman–Crippen LogP) is 3.34. The molecule has 2 rings (SSSR count). The van der Waals surface area contributed by atoms with Gasteiger partial charge < -0.3 is 9.64 Å². The van der Waals surface area contributed by atoms with E-state index in [2.05, 4.69) is 0 Å². The standard InChI is InChI=1S/C14H16Cl2FNO2/c1-14(2)8-18(7-10(6-15)20-14)13(19)9-3-4-12(17)11(16)5-9/h3-5,10H,6-8H2,1-2H3. The minimum absolute atomic E-state index is 0.0581. The summed E-state index contributed by atoms with van der Waals surface area (Å²) in [7, 11) is 0. The zero-order valence-electron chi connectivity index (χ0n) is 11.3. The number of halogens is 3. The second kappa shape index (κ2) is 5.88. The fourth-order valence-corrected chi connectivity index (χ4v) is 2.68. The molecule has 0 N–H and O–H groups in total. The number of amides is 1. The third-order valence-electron chi connectivity index (χ3n) is 3.11. The summed E-state index contributed by atoms with van der Waals surface area (Å²) in [6.07, 6.45) is -0.208. The van der Waals surface area contributed by atoms with Crippen molar-refractivity contribution in [3.63, 3.8) is 0 Å². The molecule has 0 saturated carbocycles. The van der Waals surface area contributed by atoms with Crippen molar-refractivity contribution in [1.29, 1.82) is 0 Å². The monoisotopic (exact) mass is 319 g/mol. The number of ether oxygens (including phenoxy) is 1. The molecular formula is C14H16Cl2FNO2. The van der Waals surface area contributed by atoms with Gasteiger partial charge in [-0.25, -0.2) is 4.39 Å². The molecule has 1 unspecified atom stereocenters. The van der Waals surface area contributed by atoms with Crippen LogP contribution in [0, 0.1) is 5.82 Å². The fourth-order valence-electron chi connectivity index (χ4n) is 2.34. The first-order chi connectivity index (χ1) is 9.32. The summed E-state index contributed by atoms with van der Waals surface area (Å²) in [6, 6.07) is 3.97. The molecule has 0 bridgehead atoms. The van der Waals surface area contributed by atoms with Crippen molar-refractivity contribution in [2.45, 2.75) is 25.6 Å². The van der Waals surface area contributed by atoms with E-state index in [1.54, 1.807) is 4.90 Å². The predicted molar refractivity (Wildman–Crippen MR) is 77.0 cm³/mol. The first kappa shape index (κ1) is 15.5. The maximum atomic E-state index is 13.1. The van der Waals surface area contributed by atoms with Crippen LogP contribution in [0.25, 0.3) is 0 Å². The third-order valence-corrected chi connectivity index (χ3v) is 3.74. The topological polar surface area (TPSA) is 29.5 Å². The van der Waals surface area contributed by atoms with Crippen LogP contribution in [-0.4, -0.2) is 41.5 Å². The van der Waals surface area contributed by atoms with Crippen molar-refractivity contribution in [2.24, 2.45) is 0 Å². The quantitative estimate of drug-likeness (QED) is 0.782. The van der Waals surface area contributed by atoms with E-state index in [-0.39, 0.29) is 17.0 Å². The lowest BCUT2D eigenvalue weighted by Crippen LogP contribution is -2.55. The Labute approximate surface area is 127 Å². The van der Waals surface area contributed by atoms with Gasteiger partial charge in [0.05, 0.1) is 22.6 Å². The zero-order valence-corrected chi connectivity index (χ0v) is 12.8. The van der Waals surface area contributed by atoms with Crippen molar-refractivity contribution >= 4 is 29.1 Å². The molecule has 110 valence electrons. The van der Waals surface area contributed by atoms with Crippen molar-refractivity contribution in [1.82, 2.24) is 4.90 Å². The smallest absolute Gasteiger partial charge is 0.254 e. The molecule has 0 aromatic heterocycles. The minimum atomic E-state index is -0.538. The van der Waals surface area contributed by atoms with Gasteiger partial charge in [0.2, 0.25) is 0 Å². The van der Waals surface area contributed by atoms with Gasteiger partial charge >= 0.3 is 0 Å². The van der Waals surface area contributed by atoms with Gasteiger partial charge in [0, 0.05) is 18.7 Å². The highest BCUT2D eigenvalue weighted by molar-refractivity contribution is 6.31. The number of benzene rings is 1. The van der Waals surface area contributed by atoms with E-state index in [1.807, 2.05) is 13.8 Å². The number of hydrogen-bond donors (Lipinski definition) is 0. The fraction of sp³-hybridized carbons (Fsp3) is 0.500. The Hall–Kier alpha value is -0.840. The molecule has 0 spiro atoms. The van der Waals surface area contributed by atoms with Crippen LogP contribution in [0.5, 0.6) is 0 Å². The summed E-state index contributed by atoms with van der Waals surface area (Å²) in [5.41, 5.74) is -0.0977. The number of rotatable bonds is 2. The SMILES string of the molecule is CC1(C)CN(C(=O)c2ccc(F)c(Cl)c2)CC(CCl)O1. The number of carbonyl (C=O) groups excluding carboxylic acids is 1. The molecule has 1 aromatic carbocycles. The number of carbonyl (C=O) groups is 1. The van der Waals surface area contributed by atoms with Crippen LogP contribution in [0.3, 0.4) is 0 Å². The molecule has 1 saturated heterocycles. The van der Waals surface area contributed by atoms with E-state index in [9.17, 15) is 9.18 Å². The van der Waals surface area contributed by atoms with Crippen molar-refractivity contribution < 1.29 is 13.9 Å². The molecule has 0 radical (unpaired) electrons. The highest BCUT2D eigenvalue weighted by Gasteiger charge is 2.35. The first-order valence-corrected chi connectivity index (χ1v) is 7.22. The Morgan fingerprint density at radius 2 is 2.25 bits per heavy atom. The van der Waals surface area contributed by atoms with E-state index in [4.69, 9.17) is 27.9 Å². The first-order valence-electron chi connectivity index (χ1n) is 6.30. The van der Waals surface area contributed by atoms with Crippen LogP contribution in [0.2, 0.25) is 5.02 Å². The molecule has 1 aromatic rings. The molecular weight excluding hydrogens is 304 g/mol. The van der Waals surface area contributed by atoms with Crippen molar-refractivity contribution in [3.8, 4) is 0 Å². The summed E-state index contributed by atoms with van der Waals surface area (Å²) < 4.78 is 18.9. The van der Waals surface area contributed by atoms with E-state index in [0.717, 1.165) is 0 Å². The average molecular weight is 320 g/mol. The molecule has 0 aliphatic carbocycles. The third kappa shape index (κ3) is 3.43. The summed E-state index contributed by atoms with van der Waals surface area (Å²) in [4.78, 5) is 14.1. The van der Waals surface area contributed by atoms with Gasteiger partial charge in [0.1, 0.15) is 5.82 Å². The van der Waals surface area contributed by atoms with Gasteiger partial charge in [-0.1, -0.05) is 11.6 Å². The summed E-state index contributed by atoms with van der Waals surface area (Å²) in [6.45, 7) is 4.68. The van der Waals surface area contributed by atoms with Crippen molar-refractivity contribution in [2.75, 3.05) is 19.0 Å². The number of alkyl halides is 1. The normalized spacial score (nSPS) is 21.9. The van der Waals surface area contributed by atoms with Gasteiger partial charge in [-0.05, 0) is 32.0 Å². The highest BCUT2D eigenvalue weighted by Crippen LogP contribution is 2.24. The maximum Gasteiger partial charge on any atom is 0.254 e. The van der Waals surface area contributed by atoms with Gasteiger partial charge in [-0.15, -0.1) is 11.6 Å². The molecule has 3 nitrogen and oxygen atoms in total. The van der Waals surface area contributed by atoms with Crippen LogP contribution in [0.1, 0.15) is 24.2 Å². The number of nitrogens with zero attached hydrogens (tertiary/aromatic N) is 1. The van der Waals surface area contributed by atoms with Crippen LogP contribution in [-0.2, 0) is 4.74 Å². The van der Waals surface area contributed by atoms with E-state index >= 15 is 0 Å². The van der Waals surface area contributed by atoms with Crippen LogP contribution < -0.4 is 0 Å². The summed E-state index contributed by atoms with van der Waals surface area (Å²) in [5.74, 6) is -0.417. The molecule has 1 atom stereocenters. The zero-order chi connectivity index (χ0) is 14.9. The van der Waals surface area contributed by atoms with Crippen LogP contribution in [0.15, 0.2) is 18.2 Å². The molecule has 1 aliphatic heterocycles. The van der Waals surface area contributed by atoms with Gasteiger partial charge in [-0.3, -0.25) is 4.79 Å². The lowest BCUT2D eigenvalue weighted by atomic mass is 10.0. The van der Waals surface area contributed by atoms with Gasteiger partial charge in [-0.2, -0.15) is 0 Å². The Bertz CT molecular complexity index is 522. The van der Waals surface area contributed by atoms with E-state index < -0.39 is 11.4 Å². The van der Waals surface area contributed by atoms with Crippen LogP contribution >= 0.6 is 23.2 Å². The average Bonchev–Trinajstić information content (AvgIpc) is 2.39. The van der Waals surface area contributed by atoms with Crippen molar-refractivity contribution in [3.05, 3.63) is 34.6 Å². The summed E-state index contributed by atoms with van der Waals surface area (Å²) in [5, 5.41) is -0.0581. The Kier molecular flexibility index (Phi) is 4.57. The molecule has 1 amide bonds. The molecule has 1 aliphatic rings. The van der Waals surface area contributed by atoms with Crippen LogP contribution in [0.4, 0.5) is 4.39 Å². The maximum absolute atomic E-state index is 13.1. The second-order valence-electron chi connectivity index (χ2n) is 5.47. The van der Waals surface area contributed by atoms with E-state index in [1.165, 1.54) is 18.2 Å².